The van der Waals surface area contributed by atoms with Gasteiger partial charge in [0.2, 0.25) is 0 Å². The van der Waals surface area contributed by atoms with Crippen LogP contribution in [0.15, 0.2) is 30.7 Å². The summed E-state index contributed by atoms with van der Waals surface area (Å²) in [5.74, 6) is 1.13. The molecule has 0 saturated heterocycles. The summed E-state index contributed by atoms with van der Waals surface area (Å²) in [4.78, 5) is 8.92. The highest BCUT2D eigenvalue weighted by molar-refractivity contribution is 5.17. The van der Waals surface area contributed by atoms with Crippen LogP contribution in [0.3, 0.4) is 0 Å². The van der Waals surface area contributed by atoms with Gasteiger partial charge in [-0.2, -0.15) is 0 Å². The maximum absolute atomic E-state index is 4.53. The van der Waals surface area contributed by atoms with Gasteiger partial charge in [0.05, 0.1) is 5.69 Å². The van der Waals surface area contributed by atoms with E-state index in [-0.39, 0.29) is 0 Å². The van der Waals surface area contributed by atoms with Gasteiger partial charge in [-0.05, 0) is 44.0 Å². The lowest BCUT2D eigenvalue weighted by atomic mass is 10.1. The Hall–Kier alpha value is -1.68. The Balaban J connectivity index is 2.05. The van der Waals surface area contributed by atoms with Gasteiger partial charge in [-0.25, -0.2) is 4.98 Å². The Morgan fingerprint density at radius 1 is 1.30 bits per heavy atom. The molecule has 108 valence electrons. The Morgan fingerprint density at radius 2 is 2.15 bits per heavy atom. The first kappa shape index (κ1) is 14.7. The van der Waals surface area contributed by atoms with Crippen molar-refractivity contribution < 1.29 is 0 Å². The monoisotopic (exact) mass is 272 g/mol. The SMILES string of the molecule is CCCNC(CCc1nccn1C)c1cc(C)ccn1. The Morgan fingerprint density at radius 3 is 2.80 bits per heavy atom. The number of hydrogen-bond acceptors (Lipinski definition) is 3. The van der Waals surface area contributed by atoms with E-state index in [0.29, 0.717) is 6.04 Å². The van der Waals surface area contributed by atoms with Gasteiger partial charge in [0, 0.05) is 38.1 Å². The van der Waals surface area contributed by atoms with Crippen LogP contribution >= 0.6 is 0 Å². The molecule has 0 aliphatic carbocycles. The second-order valence-corrected chi connectivity index (χ2v) is 5.26. The Labute approximate surface area is 121 Å². The van der Waals surface area contributed by atoms with Gasteiger partial charge in [0.25, 0.3) is 0 Å². The average Bonchev–Trinajstić information content (AvgIpc) is 2.84. The number of hydrogen-bond donors (Lipinski definition) is 1. The van der Waals surface area contributed by atoms with E-state index in [1.54, 1.807) is 0 Å². The molecule has 4 nitrogen and oxygen atoms in total. The molecule has 1 N–H and O–H groups in total. The third-order valence-corrected chi connectivity index (χ3v) is 3.51. The summed E-state index contributed by atoms with van der Waals surface area (Å²) in [5, 5.41) is 3.60. The zero-order valence-corrected chi connectivity index (χ0v) is 12.6. The lowest BCUT2D eigenvalue weighted by Crippen LogP contribution is -2.24. The minimum atomic E-state index is 0.298. The van der Waals surface area contributed by atoms with Gasteiger partial charge >= 0.3 is 0 Å². The fourth-order valence-electron chi connectivity index (χ4n) is 2.33. The van der Waals surface area contributed by atoms with Crippen molar-refractivity contribution in [2.24, 2.45) is 7.05 Å². The first-order valence-electron chi connectivity index (χ1n) is 7.33. The van der Waals surface area contributed by atoms with Gasteiger partial charge in [-0.1, -0.05) is 6.92 Å². The lowest BCUT2D eigenvalue weighted by molar-refractivity contribution is 0.481. The third-order valence-electron chi connectivity index (χ3n) is 3.51. The average molecular weight is 272 g/mol. The van der Waals surface area contributed by atoms with Gasteiger partial charge in [0.15, 0.2) is 0 Å². The largest absolute Gasteiger partial charge is 0.338 e. The van der Waals surface area contributed by atoms with E-state index in [4.69, 9.17) is 0 Å². The predicted octanol–water partition coefficient (Wildman–Crippen LogP) is 2.80. The molecule has 2 heterocycles. The maximum Gasteiger partial charge on any atom is 0.108 e. The van der Waals surface area contributed by atoms with E-state index in [0.717, 1.165) is 37.3 Å². The van der Waals surface area contributed by atoms with Crippen molar-refractivity contribution in [1.82, 2.24) is 19.9 Å². The molecule has 2 aromatic heterocycles. The molecule has 0 aliphatic heterocycles. The topological polar surface area (TPSA) is 42.7 Å². The summed E-state index contributed by atoms with van der Waals surface area (Å²) in [7, 11) is 2.04. The number of pyridine rings is 1. The molecular weight excluding hydrogens is 248 g/mol. The normalized spacial score (nSPS) is 12.6. The van der Waals surface area contributed by atoms with Gasteiger partial charge in [0.1, 0.15) is 5.82 Å². The molecule has 0 aliphatic rings. The molecule has 0 radical (unpaired) electrons. The van der Waals surface area contributed by atoms with Gasteiger partial charge in [-0.3, -0.25) is 4.98 Å². The van der Waals surface area contributed by atoms with Crippen LogP contribution in [0.4, 0.5) is 0 Å². The first-order valence-corrected chi connectivity index (χ1v) is 7.33. The van der Waals surface area contributed by atoms with Crippen molar-refractivity contribution in [2.45, 2.75) is 39.2 Å². The fourth-order valence-corrected chi connectivity index (χ4v) is 2.33. The molecule has 0 bridgehead atoms. The molecule has 1 unspecified atom stereocenters. The van der Waals surface area contributed by atoms with Crippen LogP contribution in [-0.4, -0.2) is 21.1 Å². The van der Waals surface area contributed by atoms with Crippen LogP contribution in [0.5, 0.6) is 0 Å². The number of nitrogens with one attached hydrogen (secondary N) is 1. The number of imidazole rings is 1. The van der Waals surface area contributed by atoms with Crippen LogP contribution in [0.2, 0.25) is 0 Å². The van der Waals surface area contributed by atoms with Crippen molar-refractivity contribution in [3.8, 4) is 0 Å². The number of aromatic nitrogens is 3. The molecule has 0 amide bonds. The van der Waals surface area contributed by atoms with Crippen LogP contribution in [0.1, 0.15) is 42.9 Å². The van der Waals surface area contributed by atoms with Crippen LogP contribution in [-0.2, 0) is 13.5 Å². The zero-order valence-electron chi connectivity index (χ0n) is 12.6. The molecule has 1 atom stereocenters. The zero-order chi connectivity index (χ0) is 14.4. The van der Waals surface area contributed by atoms with E-state index in [9.17, 15) is 0 Å². The van der Waals surface area contributed by atoms with E-state index < -0.39 is 0 Å². The van der Waals surface area contributed by atoms with Crippen molar-refractivity contribution in [3.63, 3.8) is 0 Å². The smallest absolute Gasteiger partial charge is 0.108 e. The van der Waals surface area contributed by atoms with E-state index in [2.05, 4.69) is 39.8 Å². The van der Waals surface area contributed by atoms with Crippen LogP contribution in [0, 0.1) is 6.92 Å². The fraction of sp³-hybridized carbons (Fsp3) is 0.500. The lowest BCUT2D eigenvalue weighted by Gasteiger charge is -2.18. The molecule has 4 heteroatoms. The predicted molar refractivity (Wildman–Crippen MR) is 81.5 cm³/mol. The van der Waals surface area contributed by atoms with Crippen molar-refractivity contribution in [3.05, 3.63) is 47.8 Å². The van der Waals surface area contributed by atoms with Gasteiger partial charge < -0.3 is 9.88 Å². The summed E-state index contributed by atoms with van der Waals surface area (Å²) < 4.78 is 2.08. The quantitative estimate of drug-likeness (QED) is 0.843. The minimum Gasteiger partial charge on any atom is -0.338 e. The summed E-state index contributed by atoms with van der Waals surface area (Å²) in [6.07, 6.45) is 8.85. The molecule has 0 fully saturated rings. The highest BCUT2D eigenvalue weighted by Crippen LogP contribution is 2.18. The second-order valence-electron chi connectivity index (χ2n) is 5.26. The van der Waals surface area contributed by atoms with Gasteiger partial charge in [-0.15, -0.1) is 0 Å². The molecule has 2 aromatic rings. The van der Waals surface area contributed by atoms with Crippen molar-refractivity contribution in [2.75, 3.05) is 6.54 Å². The first-order chi connectivity index (χ1) is 9.70. The minimum absolute atomic E-state index is 0.298. The van der Waals surface area contributed by atoms with E-state index in [1.807, 2.05) is 31.7 Å². The van der Waals surface area contributed by atoms with E-state index >= 15 is 0 Å². The molecule has 2 rings (SSSR count). The molecule has 20 heavy (non-hydrogen) atoms. The van der Waals surface area contributed by atoms with E-state index in [1.165, 1.54) is 5.56 Å². The summed E-state index contributed by atoms with van der Waals surface area (Å²) in [5.41, 5.74) is 2.39. The summed E-state index contributed by atoms with van der Waals surface area (Å²) >= 11 is 0. The highest BCUT2D eigenvalue weighted by atomic mass is 15.0. The molecule has 0 spiro atoms. The Kier molecular flexibility index (Phi) is 5.30. The number of nitrogens with zero attached hydrogens (tertiary/aromatic N) is 3. The molecule has 0 saturated carbocycles. The number of rotatable bonds is 7. The summed E-state index contributed by atoms with van der Waals surface area (Å²) in [6, 6.07) is 4.51. The van der Waals surface area contributed by atoms with Crippen LogP contribution in [0.25, 0.3) is 0 Å². The summed E-state index contributed by atoms with van der Waals surface area (Å²) in [6.45, 7) is 5.31. The third kappa shape index (κ3) is 3.90. The molecular formula is C16H24N4. The molecule has 0 aromatic carbocycles. The number of aryl methyl sites for hydroxylation is 3. The van der Waals surface area contributed by atoms with Crippen molar-refractivity contribution >= 4 is 0 Å². The van der Waals surface area contributed by atoms with Crippen LogP contribution < -0.4 is 5.32 Å². The highest BCUT2D eigenvalue weighted by Gasteiger charge is 2.13. The Bertz CT molecular complexity index is 533. The second kappa shape index (κ2) is 7.20. The van der Waals surface area contributed by atoms with Crippen molar-refractivity contribution in [1.29, 1.82) is 0 Å². The standard InChI is InChI=1S/C16H24N4/c1-4-8-17-14(15-12-13(2)7-9-18-15)5-6-16-19-10-11-20(16)3/h7,9-12,14,17H,4-6,8H2,1-3H3. The maximum atomic E-state index is 4.53.